The lowest BCUT2D eigenvalue weighted by atomic mass is 10.0. The van der Waals surface area contributed by atoms with E-state index in [-0.39, 0.29) is 6.42 Å². The molecule has 2 N–H and O–H groups in total. The van der Waals surface area contributed by atoms with E-state index < -0.39 is 5.97 Å². The van der Waals surface area contributed by atoms with Gasteiger partial charge in [-0.15, -0.1) is 0 Å². The summed E-state index contributed by atoms with van der Waals surface area (Å²) in [5.74, 6) is -0.113. The smallest absolute Gasteiger partial charge is 0.305 e. The van der Waals surface area contributed by atoms with Gasteiger partial charge in [0, 0.05) is 42.3 Å². The zero-order valence-electron chi connectivity index (χ0n) is 14.2. The van der Waals surface area contributed by atoms with Crippen LogP contribution in [-0.2, 0) is 4.79 Å². The topological polar surface area (TPSA) is 95.0 Å². The third kappa shape index (κ3) is 2.83. The number of pyridine rings is 1. The Morgan fingerprint density at radius 1 is 1.19 bits per heavy atom. The van der Waals surface area contributed by atoms with Crippen LogP contribution in [0.15, 0.2) is 49.1 Å². The molecule has 3 heterocycles. The number of nitrogens with zero attached hydrogens (tertiary/aromatic N) is 4. The highest BCUT2D eigenvalue weighted by Crippen LogP contribution is 2.32. The Kier molecular flexibility index (Phi) is 3.96. The van der Waals surface area contributed by atoms with Gasteiger partial charge in [-0.05, 0) is 29.8 Å². The van der Waals surface area contributed by atoms with Crippen molar-refractivity contribution in [2.75, 3.05) is 18.5 Å². The van der Waals surface area contributed by atoms with E-state index in [1.54, 1.807) is 6.20 Å². The van der Waals surface area contributed by atoms with Gasteiger partial charge in [-0.3, -0.25) is 4.79 Å². The Morgan fingerprint density at radius 2 is 2.08 bits per heavy atom. The number of aromatic nitrogens is 4. The number of carboxylic acid groups (broad SMARTS) is 1. The molecule has 0 bridgehead atoms. The molecule has 0 amide bonds. The van der Waals surface area contributed by atoms with Crippen LogP contribution in [0.3, 0.4) is 0 Å². The van der Waals surface area contributed by atoms with E-state index in [0.29, 0.717) is 6.54 Å². The minimum absolute atomic E-state index is 0.0514. The Bertz CT molecular complexity index is 1110. The zero-order valence-corrected chi connectivity index (χ0v) is 14.2. The Hall–Kier alpha value is -3.48. The summed E-state index contributed by atoms with van der Waals surface area (Å²) in [7, 11) is 1.84. The maximum Gasteiger partial charge on any atom is 0.305 e. The monoisotopic (exact) mass is 347 g/mol. The van der Waals surface area contributed by atoms with Crippen LogP contribution in [0, 0.1) is 0 Å². The SMILES string of the molecule is CN(CCC(=O)O)c1ncnc2ccc(-c3c[nH]c4ncccc34)cc12. The normalized spacial score (nSPS) is 11.1. The van der Waals surface area contributed by atoms with Crippen LogP contribution in [0.4, 0.5) is 5.82 Å². The highest BCUT2D eigenvalue weighted by Gasteiger charge is 2.13. The third-order valence-corrected chi connectivity index (χ3v) is 4.40. The maximum absolute atomic E-state index is 10.9. The van der Waals surface area contributed by atoms with Gasteiger partial charge in [0.25, 0.3) is 0 Å². The van der Waals surface area contributed by atoms with Crippen molar-refractivity contribution in [1.82, 2.24) is 19.9 Å². The number of aromatic amines is 1. The van der Waals surface area contributed by atoms with Crippen LogP contribution >= 0.6 is 0 Å². The van der Waals surface area contributed by atoms with Gasteiger partial charge in [0.2, 0.25) is 0 Å². The maximum atomic E-state index is 10.9. The minimum Gasteiger partial charge on any atom is -0.481 e. The number of fused-ring (bicyclic) bond motifs is 2. The van der Waals surface area contributed by atoms with Crippen LogP contribution in [0.1, 0.15) is 6.42 Å². The van der Waals surface area contributed by atoms with E-state index in [4.69, 9.17) is 5.11 Å². The Morgan fingerprint density at radius 3 is 2.92 bits per heavy atom. The second-order valence-corrected chi connectivity index (χ2v) is 6.10. The average Bonchev–Trinajstić information content (AvgIpc) is 3.09. The summed E-state index contributed by atoms with van der Waals surface area (Å²) in [6.45, 7) is 0.378. The molecule has 0 saturated carbocycles. The molecule has 130 valence electrons. The first-order chi connectivity index (χ1) is 12.6. The molecule has 0 radical (unpaired) electrons. The molecule has 0 aliphatic heterocycles. The summed E-state index contributed by atoms with van der Waals surface area (Å²) in [6, 6.07) is 9.95. The van der Waals surface area contributed by atoms with Gasteiger partial charge in [0.05, 0.1) is 11.9 Å². The van der Waals surface area contributed by atoms with Crippen molar-refractivity contribution < 1.29 is 9.90 Å². The van der Waals surface area contributed by atoms with Gasteiger partial charge in [0.1, 0.15) is 17.8 Å². The molecule has 0 aliphatic rings. The molecule has 0 unspecified atom stereocenters. The summed E-state index contributed by atoms with van der Waals surface area (Å²) in [5, 5.41) is 10.9. The summed E-state index contributed by atoms with van der Waals surface area (Å²) in [5.41, 5.74) is 3.74. The largest absolute Gasteiger partial charge is 0.481 e. The fourth-order valence-electron chi connectivity index (χ4n) is 3.08. The first-order valence-corrected chi connectivity index (χ1v) is 8.23. The summed E-state index contributed by atoms with van der Waals surface area (Å²) in [6.07, 6.45) is 5.25. The fourth-order valence-corrected chi connectivity index (χ4v) is 3.08. The van der Waals surface area contributed by atoms with Crippen LogP contribution in [0.2, 0.25) is 0 Å². The van der Waals surface area contributed by atoms with E-state index in [1.807, 2.05) is 48.5 Å². The molecule has 0 atom stereocenters. The number of carboxylic acids is 1. The van der Waals surface area contributed by atoms with Gasteiger partial charge < -0.3 is 15.0 Å². The molecule has 7 heteroatoms. The number of carbonyl (C=O) groups is 1. The van der Waals surface area contributed by atoms with Gasteiger partial charge >= 0.3 is 5.97 Å². The molecule has 7 nitrogen and oxygen atoms in total. The van der Waals surface area contributed by atoms with Crippen molar-refractivity contribution in [3.05, 3.63) is 49.1 Å². The molecule has 0 aliphatic carbocycles. The van der Waals surface area contributed by atoms with Crippen LogP contribution in [0.25, 0.3) is 33.1 Å². The van der Waals surface area contributed by atoms with Crippen molar-refractivity contribution in [2.24, 2.45) is 0 Å². The number of hydrogen-bond acceptors (Lipinski definition) is 5. The molecule has 3 aromatic heterocycles. The second-order valence-electron chi connectivity index (χ2n) is 6.10. The highest BCUT2D eigenvalue weighted by molar-refractivity contribution is 5.98. The van der Waals surface area contributed by atoms with Crippen molar-refractivity contribution in [3.63, 3.8) is 0 Å². The predicted octanol–water partition coefficient (Wildman–Crippen LogP) is 3.08. The van der Waals surface area contributed by atoms with Crippen molar-refractivity contribution in [1.29, 1.82) is 0 Å². The van der Waals surface area contributed by atoms with Gasteiger partial charge in [-0.1, -0.05) is 6.07 Å². The molecule has 0 saturated heterocycles. The lowest BCUT2D eigenvalue weighted by Crippen LogP contribution is -2.22. The minimum atomic E-state index is -0.831. The summed E-state index contributed by atoms with van der Waals surface area (Å²) < 4.78 is 0. The van der Waals surface area contributed by atoms with Crippen LogP contribution in [-0.4, -0.2) is 44.6 Å². The van der Waals surface area contributed by atoms with E-state index in [9.17, 15) is 4.79 Å². The standard InChI is InChI=1S/C19H17N5O2/c1-24(8-6-17(25)26)19-14-9-12(4-5-16(14)22-11-23-19)15-10-21-18-13(15)3-2-7-20-18/h2-5,7,9-11H,6,8H2,1H3,(H,20,21)(H,25,26). The number of rotatable bonds is 5. The molecule has 26 heavy (non-hydrogen) atoms. The van der Waals surface area contributed by atoms with Crippen molar-refractivity contribution >= 4 is 33.7 Å². The molecule has 0 spiro atoms. The molecule has 0 fully saturated rings. The second kappa shape index (κ2) is 6.44. The van der Waals surface area contributed by atoms with E-state index in [1.165, 1.54) is 6.33 Å². The predicted molar refractivity (Wildman–Crippen MR) is 100 cm³/mol. The first kappa shape index (κ1) is 16.0. The Labute approximate surface area is 149 Å². The highest BCUT2D eigenvalue weighted by atomic mass is 16.4. The van der Waals surface area contributed by atoms with Gasteiger partial charge in [0.15, 0.2) is 0 Å². The third-order valence-electron chi connectivity index (χ3n) is 4.40. The lowest BCUT2D eigenvalue weighted by Gasteiger charge is -2.18. The molecular weight excluding hydrogens is 330 g/mol. The van der Waals surface area contributed by atoms with E-state index in [0.717, 1.165) is 38.9 Å². The number of nitrogens with one attached hydrogen (secondary N) is 1. The summed E-state index contributed by atoms with van der Waals surface area (Å²) >= 11 is 0. The number of H-pyrrole nitrogens is 1. The van der Waals surface area contributed by atoms with Crippen molar-refractivity contribution in [2.45, 2.75) is 6.42 Å². The van der Waals surface area contributed by atoms with Gasteiger partial charge in [-0.25, -0.2) is 15.0 Å². The quantitative estimate of drug-likeness (QED) is 0.576. The summed E-state index contributed by atoms with van der Waals surface area (Å²) in [4.78, 5) is 28.9. The fraction of sp³-hybridized carbons (Fsp3) is 0.158. The molecule has 1 aromatic carbocycles. The van der Waals surface area contributed by atoms with Crippen LogP contribution in [0.5, 0.6) is 0 Å². The first-order valence-electron chi connectivity index (χ1n) is 8.23. The number of aliphatic carboxylic acids is 1. The van der Waals surface area contributed by atoms with Gasteiger partial charge in [-0.2, -0.15) is 0 Å². The van der Waals surface area contributed by atoms with E-state index in [2.05, 4.69) is 19.9 Å². The zero-order chi connectivity index (χ0) is 18.1. The van der Waals surface area contributed by atoms with E-state index >= 15 is 0 Å². The molecule has 4 aromatic rings. The molecular formula is C19H17N5O2. The Balaban J connectivity index is 1.81. The lowest BCUT2D eigenvalue weighted by molar-refractivity contribution is -0.136. The molecule has 4 rings (SSSR count). The average molecular weight is 347 g/mol. The number of benzene rings is 1. The number of anilines is 1. The number of hydrogen-bond donors (Lipinski definition) is 2. The van der Waals surface area contributed by atoms with Crippen molar-refractivity contribution in [3.8, 4) is 11.1 Å². The van der Waals surface area contributed by atoms with Crippen LogP contribution < -0.4 is 4.90 Å².